The number of carbonyl (C=O) groups is 1. The first kappa shape index (κ1) is 15.7. The van der Waals surface area contributed by atoms with Crippen LogP contribution in [0.1, 0.15) is 19.8 Å². The van der Waals surface area contributed by atoms with E-state index in [-0.39, 0.29) is 16.6 Å². The van der Waals surface area contributed by atoms with Gasteiger partial charge in [0.15, 0.2) is 0 Å². The Morgan fingerprint density at radius 3 is 2.67 bits per heavy atom. The van der Waals surface area contributed by atoms with E-state index < -0.39 is 5.41 Å². The Morgan fingerprint density at radius 1 is 1.48 bits per heavy atom. The van der Waals surface area contributed by atoms with Crippen LogP contribution in [-0.2, 0) is 9.53 Å². The first-order valence-electron chi connectivity index (χ1n) is 7.00. The molecule has 0 spiro atoms. The van der Waals surface area contributed by atoms with Gasteiger partial charge in [-0.05, 0) is 31.9 Å². The van der Waals surface area contributed by atoms with Gasteiger partial charge in [-0.2, -0.15) is 0 Å². The quantitative estimate of drug-likeness (QED) is 0.830. The number of nitrogens with zero attached hydrogens (tertiary/aromatic N) is 1. The highest BCUT2D eigenvalue weighted by Gasteiger charge is 2.45. The largest absolute Gasteiger partial charge is 0.508 e. The molecular weight excluding hydrogens is 288 g/mol. The van der Waals surface area contributed by atoms with Crippen LogP contribution in [0.2, 0.25) is 0 Å². The third-order valence-corrected chi connectivity index (χ3v) is 4.32. The molecule has 114 valence electrons. The monoisotopic (exact) mass is 308 g/mol. The Hall–Kier alpha value is -1.66. The van der Waals surface area contributed by atoms with Gasteiger partial charge in [-0.25, -0.2) is 0 Å². The fraction of sp³-hybridized carbons (Fsp3) is 0.467. The van der Waals surface area contributed by atoms with E-state index in [2.05, 4.69) is 0 Å². The smallest absolute Gasteiger partial charge is 0.240 e. The maximum Gasteiger partial charge on any atom is 0.240 e. The third kappa shape index (κ3) is 3.01. The van der Waals surface area contributed by atoms with Crippen molar-refractivity contribution in [2.45, 2.75) is 19.8 Å². The van der Waals surface area contributed by atoms with Crippen molar-refractivity contribution in [2.24, 2.45) is 11.1 Å². The molecule has 1 aliphatic rings. The number of phenols is 1. The van der Waals surface area contributed by atoms with E-state index in [0.29, 0.717) is 38.3 Å². The van der Waals surface area contributed by atoms with E-state index in [9.17, 15) is 9.90 Å². The predicted octanol–water partition coefficient (Wildman–Crippen LogP) is 1.83. The lowest BCUT2D eigenvalue weighted by molar-refractivity contribution is -0.128. The molecule has 1 amide bonds. The maximum absolute atomic E-state index is 13.0. The van der Waals surface area contributed by atoms with Crippen molar-refractivity contribution in [3.05, 3.63) is 24.3 Å². The molecule has 1 aliphatic heterocycles. The van der Waals surface area contributed by atoms with Gasteiger partial charge in [0, 0.05) is 31.5 Å². The van der Waals surface area contributed by atoms with Crippen LogP contribution in [-0.4, -0.2) is 35.8 Å². The van der Waals surface area contributed by atoms with Gasteiger partial charge in [0.05, 0.1) is 4.99 Å². The van der Waals surface area contributed by atoms with Crippen molar-refractivity contribution in [1.82, 2.24) is 0 Å². The molecule has 3 N–H and O–H groups in total. The Kier molecular flexibility index (Phi) is 4.80. The lowest BCUT2D eigenvalue weighted by Gasteiger charge is -2.38. The van der Waals surface area contributed by atoms with Gasteiger partial charge in [-0.1, -0.05) is 18.3 Å². The molecule has 0 saturated carbocycles. The molecule has 0 unspecified atom stereocenters. The van der Waals surface area contributed by atoms with Crippen LogP contribution in [0.25, 0.3) is 0 Å². The number of thiocarbonyl (C=S) groups is 1. The molecule has 21 heavy (non-hydrogen) atoms. The standard InChI is InChI=1S/C15H20N2O3S/c1-2-17(11-4-3-5-12(18)10-11)14(19)15(13(16)21)6-8-20-9-7-15/h3-5,10,18H,2,6-9H2,1H3,(H2,16,21). The van der Waals surface area contributed by atoms with E-state index in [1.807, 2.05) is 6.92 Å². The van der Waals surface area contributed by atoms with Crippen molar-refractivity contribution in [2.75, 3.05) is 24.7 Å². The summed E-state index contributed by atoms with van der Waals surface area (Å²) >= 11 is 5.17. The molecule has 1 heterocycles. The van der Waals surface area contributed by atoms with Crippen molar-refractivity contribution >= 4 is 28.8 Å². The van der Waals surface area contributed by atoms with E-state index in [4.69, 9.17) is 22.7 Å². The minimum absolute atomic E-state index is 0.119. The second-order valence-electron chi connectivity index (χ2n) is 5.13. The molecular formula is C15H20N2O3S. The van der Waals surface area contributed by atoms with Gasteiger partial charge in [-0.3, -0.25) is 4.79 Å². The molecule has 1 saturated heterocycles. The predicted molar refractivity (Wildman–Crippen MR) is 85.4 cm³/mol. The van der Waals surface area contributed by atoms with Gasteiger partial charge < -0.3 is 20.5 Å². The summed E-state index contributed by atoms with van der Waals surface area (Å²) in [4.78, 5) is 14.9. The van der Waals surface area contributed by atoms with Gasteiger partial charge in [0.25, 0.3) is 0 Å². The van der Waals surface area contributed by atoms with Crippen LogP contribution in [0.3, 0.4) is 0 Å². The van der Waals surface area contributed by atoms with Crippen molar-refractivity contribution in [1.29, 1.82) is 0 Å². The van der Waals surface area contributed by atoms with E-state index in [1.54, 1.807) is 29.2 Å². The van der Waals surface area contributed by atoms with Gasteiger partial charge >= 0.3 is 0 Å². The van der Waals surface area contributed by atoms with Crippen molar-refractivity contribution in [3.63, 3.8) is 0 Å². The number of rotatable bonds is 4. The number of nitrogens with two attached hydrogens (primary N) is 1. The number of benzene rings is 1. The molecule has 2 rings (SSSR count). The fourth-order valence-electron chi connectivity index (χ4n) is 2.65. The molecule has 1 aromatic rings. The summed E-state index contributed by atoms with van der Waals surface area (Å²) in [5, 5.41) is 9.61. The second-order valence-corrected chi connectivity index (χ2v) is 5.57. The second kappa shape index (κ2) is 6.41. The molecule has 0 atom stereocenters. The molecule has 0 radical (unpaired) electrons. The lowest BCUT2D eigenvalue weighted by Crippen LogP contribution is -2.53. The average molecular weight is 308 g/mol. The summed E-state index contributed by atoms with van der Waals surface area (Å²) < 4.78 is 5.34. The zero-order valence-electron chi connectivity index (χ0n) is 12.0. The Labute approximate surface area is 129 Å². The summed E-state index contributed by atoms with van der Waals surface area (Å²) in [6, 6.07) is 6.62. The first-order valence-corrected chi connectivity index (χ1v) is 7.41. The number of hydrogen-bond donors (Lipinski definition) is 2. The van der Waals surface area contributed by atoms with E-state index in [1.165, 1.54) is 0 Å². The lowest BCUT2D eigenvalue weighted by atomic mass is 9.78. The third-order valence-electron chi connectivity index (χ3n) is 3.93. The average Bonchev–Trinajstić information content (AvgIpc) is 2.48. The minimum Gasteiger partial charge on any atom is -0.508 e. The van der Waals surface area contributed by atoms with Gasteiger partial charge in [0.1, 0.15) is 11.2 Å². The zero-order valence-corrected chi connectivity index (χ0v) is 12.9. The number of aromatic hydroxyl groups is 1. The highest BCUT2D eigenvalue weighted by atomic mass is 32.1. The van der Waals surface area contributed by atoms with Crippen molar-refractivity contribution in [3.8, 4) is 5.75 Å². The van der Waals surface area contributed by atoms with E-state index in [0.717, 1.165) is 0 Å². The summed E-state index contributed by atoms with van der Waals surface area (Å²) in [5.41, 5.74) is 5.67. The number of hydrogen-bond acceptors (Lipinski definition) is 4. The highest BCUT2D eigenvalue weighted by molar-refractivity contribution is 7.80. The zero-order chi connectivity index (χ0) is 15.5. The van der Waals surface area contributed by atoms with Crippen LogP contribution in [0, 0.1) is 5.41 Å². The van der Waals surface area contributed by atoms with Crippen LogP contribution < -0.4 is 10.6 Å². The summed E-state index contributed by atoms with van der Waals surface area (Å²) in [5.74, 6) is 0.00139. The SMILES string of the molecule is CCN(C(=O)C1(C(N)=S)CCOCC1)c1cccc(O)c1. The topological polar surface area (TPSA) is 75.8 Å². The minimum atomic E-state index is -0.852. The molecule has 5 nitrogen and oxygen atoms in total. The maximum atomic E-state index is 13.0. The van der Waals surface area contributed by atoms with Crippen LogP contribution in [0.5, 0.6) is 5.75 Å². The molecule has 1 aromatic carbocycles. The Bertz CT molecular complexity index is 541. The summed E-state index contributed by atoms with van der Waals surface area (Å²) in [6.45, 7) is 3.31. The van der Waals surface area contributed by atoms with Crippen LogP contribution in [0.4, 0.5) is 5.69 Å². The van der Waals surface area contributed by atoms with E-state index >= 15 is 0 Å². The van der Waals surface area contributed by atoms with Crippen LogP contribution >= 0.6 is 12.2 Å². The van der Waals surface area contributed by atoms with Gasteiger partial charge in [0.2, 0.25) is 5.91 Å². The Morgan fingerprint density at radius 2 is 2.14 bits per heavy atom. The fourth-order valence-corrected chi connectivity index (χ4v) is 2.94. The number of carbonyl (C=O) groups excluding carboxylic acids is 1. The van der Waals surface area contributed by atoms with Crippen molar-refractivity contribution < 1.29 is 14.6 Å². The molecule has 1 fully saturated rings. The molecule has 0 aromatic heterocycles. The molecule has 0 aliphatic carbocycles. The highest BCUT2D eigenvalue weighted by Crippen LogP contribution is 2.35. The summed E-state index contributed by atoms with van der Waals surface area (Å²) in [6.07, 6.45) is 0.993. The number of anilines is 1. The number of phenolic OH excluding ortho intramolecular Hbond substituents is 1. The summed E-state index contributed by atoms with van der Waals surface area (Å²) in [7, 11) is 0. The van der Waals surface area contributed by atoms with Crippen LogP contribution in [0.15, 0.2) is 24.3 Å². The number of ether oxygens (including phenoxy) is 1. The normalized spacial score (nSPS) is 17.2. The van der Waals surface area contributed by atoms with Gasteiger partial charge in [-0.15, -0.1) is 0 Å². The first-order chi connectivity index (χ1) is 10.0. The number of amides is 1. The molecule has 0 bridgehead atoms. The molecule has 6 heteroatoms. The Balaban J connectivity index is 2.36.